The fourth-order valence-corrected chi connectivity index (χ4v) is 2.75. The van der Waals surface area contributed by atoms with Gasteiger partial charge in [-0.15, -0.1) is 0 Å². The molecule has 4 heteroatoms. The summed E-state index contributed by atoms with van der Waals surface area (Å²) in [5.74, 6) is -0.00350. The van der Waals surface area contributed by atoms with Crippen molar-refractivity contribution >= 4 is 16.8 Å². The predicted octanol–water partition coefficient (Wildman–Crippen LogP) is 2.23. The summed E-state index contributed by atoms with van der Waals surface area (Å²) in [6.07, 6.45) is 5.69. The first-order chi connectivity index (χ1) is 9.72. The molecule has 20 heavy (non-hydrogen) atoms. The van der Waals surface area contributed by atoms with Crippen LogP contribution in [0, 0.1) is 0 Å². The third-order valence-electron chi connectivity index (χ3n) is 3.97. The average Bonchev–Trinajstić information content (AvgIpc) is 2.49. The average molecular weight is 269 g/mol. The topological polar surface area (TPSA) is 68.0 Å². The van der Waals surface area contributed by atoms with E-state index in [0.29, 0.717) is 11.6 Å². The Labute approximate surface area is 118 Å². The Kier molecular flexibility index (Phi) is 3.65. The van der Waals surface area contributed by atoms with Gasteiger partial charge in [0.15, 0.2) is 0 Å². The Bertz CT molecular complexity index is 618. The Hall–Kier alpha value is -1.94. The second kappa shape index (κ2) is 5.59. The zero-order valence-electron chi connectivity index (χ0n) is 11.4. The van der Waals surface area contributed by atoms with Crippen LogP contribution in [0.5, 0.6) is 0 Å². The van der Waals surface area contributed by atoms with Crippen LogP contribution in [0.2, 0.25) is 0 Å². The standard InChI is InChI=1S/C16H19N3O/c17-13-4-6-14(7-5-13)19-16(20)12-3-8-15-11(10-12)2-1-9-18-15/h1-3,8-10,13-14H,4-7,17H2,(H,19,20). The number of aromatic nitrogens is 1. The van der Waals surface area contributed by atoms with Crippen LogP contribution in [0.4, 0.5) is 0 Å². The van der Waals surface area contributed by atoms with E-state index in [-0.39, 0.29) is 11.9 Å². The molecule has 0 radical (unpaired) electrons. The van der Waals surface area contributed by atoms with E-state index in [1.54, 1.807) is 6.20 Å². The summed E-state index contributed by atoms with van der Waals surface area (Å²) in [5, 5.41) is 4.10. The lowest BCUT2D eigenvalue weighted by atomic mass is 9.91. The van der Waals surface area contributed by atoms with E-state index < -0.39 is 0 Å². The third-order valence-corrected chi connectivity index (χ3v) is 3.97. The van der Waals surface area contributed by atoms with Gasteiger partial charge in [-0.1, -0.05) is 6.07 Å². The molecule has 0 spiro atoms. The number of carbonyl (C=O) groups is 1. The molecule has 0 unspecified atom stereocenters. The van der Waals surface area contributed by atoms with Crippen molar-refractivity contribution in [2.24, 2.45) is 5.73 Å². The first-order valence-corrected chi connectivity index (χ1v) is 7.13. The highest BCUT2D eigenvalue weighted by Crippen LogP contribution is 2.18. The van der Waals surface area contributed by atoms with Gasteiger partial charge in [0.25, 0.3) is 5.91 Å². The highest BCUT2D eigenvalue weighted by atomic mass is 16.1. The maximum Gasteiger partial charge on any atom is 0.251 e. The number of nitrogens with two attached hydrogens (primary N) is 1. The molecule has 1 aliphatic carbocycles. The van der Waals surface area contributed by atoms with Crippen LogP contribution in [0.15, 0.2) is 36.5 Å². The van der Waals surface area contributed by atoms with Crippen molar-refractivity contribution in [1.29, 1.82) is 0 Å². The van der Waals surface area contributed by atoms with Crippen LogP contribution >= 0.6 is 0 Å². The van der Waals surface area contributed by atoms with Gasteiger partial charge >= 0.3 is 0 Å². The molecule has 0 saturated heterocycles. The fraction of sp³-hybridized carbons (Fsp3) is 0.375. The fourth-order valence-electron chi connectivity index (χ4n) is 2.75. The quantitative estimate of drug-likeness (QED) is 0.878. The molecular weight excluding hydrogens is 250 g/mol. The van der Waals surface area contributed by atoms with Gasteiger partial charge in [-0.2, -0.15) is 0 Å². The van der Waals surface area contributed by atoms with Crippen molar-refractivity contribution < 1.29 is 4.79 Å². The summed E-state index contributed by atoms with van der Waals surface area (Å²) in [5.41, 5.74) is 7.49. The van der Waals surface area contributed by atoms with Crippen LogP contribution in [0.1, 0.15) is 36.0 Å². The van der Waals surface area contributed by atoms with Crippen LogP contribution in [-0.2, 0) is 0 Å². The molecule has 1 fully saturated rings. The summed E-state index contributed by atoms with van der Waals surface area (Å²) < 4.78 is 0. The highest BCUT2D eigenvalue weighted by Gasteiger charge is 2.20. The van der Waals surface area contributed by atoms with Gasteiger partial charge in [0.2, 0.25) is 0 Å². The zero-order valence-corrected chi connectivity index (χ0v) is 11.4. The highest BCUT2D eigenvalue weighted by molar-refractivity contribution is 5.98. The summed E-state index contributed by atoms with van der Waals surface area (Å²) in [7, 11) is 0. The van der Waals surface area contributed by atoms with E-state index in [1.165, 1.54) is 0 Å². The van der Waals surface area contributed by atoms with Crippen LogP contribution < -0.4 is 11.1 Å². The van der Waals surface area contributed by atoms with Gasteiger partial charge in [-0.25, -0.2) is 0 Å². The number of nitrogens with zero attached hydrogens (tertiary/aromatic N) is 1. The van der Waals surface area contributed by atoms with E-state index in [0.717, 1.165) is 36.6 Å². The maximum atomic E-state index is 12.3. The van der Waals surface area contributed by atoms with Crippen molar-refractivity contribution in [2.75, 3.05) is 0 Å². The Morgan fingerprint density at radius 1 is 1.20 bits per heavy atom. The van der Waals surface area contributed by atoms with Crippen molar-refractivity contribution in [3.05, 3.63) is 42.1 Å². The monoisotopic (exact) mass is 269 g/mol. The van der Waals surface area contributed by atoms with Crippen molar-refractivity contribution in [3.63, 3.8) is 0 Å². The number of fused-ring (bicyclic) bond motifs is 1. The molecule has 0 atom stereocenters. The van der Waals surface area contributed by atoms with Gasteiger partial charge in [0.05, 0.1) is 5.52 Å². The lowest BCUT2D eigenvalue weighted by Crippen LogP contribution is -2.40. The maximum absolute atomic E-state index is 12.3. The van der Waals surface area contributed by atoms with E-state index >= 15 is 0 Å². The third kappa shape index (κ3) is 2.80. The van der Waals surface area contributed by atoms with Crippen molar-refractivity contribution in [2.45, 2.75) is 37.8 Å². The molecule has 2 aromatic rings. The molecule has 3 rings (SSSR count). The predicted molar refractivity (Wildman–Crippen MR) is 79.4 cm³/mol. The van der Waals surface area contributed by atoms with Gasteiger partial charge in [0, 0.05) is 29.2 Å². The van der Waals surface area contributed by atoms with Gasteiger partial charge in [-0.3, -0.25) is 9.78 Å². The molecule has 1 aliphatic rings. The van der Waals surface area contributed by atoms with Crippen molar-refractivity contribution in [1.82, 2.24) is 10.3 Å². The summed E-state index contributed by atoms with van der Waals surface area (Å²) in [6, 6.07) is 10.0. The molecule has 3 N–H and O–H groups in total. The minimum atomic E-state index is -0.00350. The SMILES string of the molecule is NC1CCC(NC(=O)c2ccc3ncccc3c2)CC1. The summed E-state index contributed by atoms with van der Waals surface area (Å²) in [6.45, 7) is 0. The van der Waals surface area contributed by atoms with Crippen LogP contribution in [-0.4, -0.2) is 23.0 Å². The number of benzene rings is 1. The first-order valence-electron chi connectivity index (χ1n) is 7.13. The molecule has 104 valence electrons. The zero-order chi connectivity index (χ0) is 13.9. The van der Waals surface area contributed by atoms with E-state index in [4.69, 9.17) is 5.73 Å². The van der Waals surface area contributed by atoms with Gasteiger partial charge < -0.3 is 11.1 Å². The number of hydrogen-bond acceptors (Lipinski definition) is 3. The molecule has 1 saturated carbocycles. The number of rotatable bonds is 2. The molecule has 4 nitrogen and oxygen atoms in total. The summed E-state index contributed by atoms with van der Waals surface area (Å²) >= 11 is 0. The van der Waals surface area contributed by atoms with E-state index in [9.17, 15) is 4.79 Å². The number of hydrogen-bond donors (Lipinski definition) is 2. The molecule has 1 amide bonds. The molecule has 0 aliphatic heterocycles. The molecule has 1 heterocycles. The molecule has 1 aromatic carbocycles. The summed E-state index contributed by atoms with van der Waals surface area (Å²) in [4.78, 5) is 16.5. The lowest BCUT2D eigenvalue weighted by molar-refractivity contribution is 0.0926. The second-order valence-electron chi connectivity index (χ2n) is 5.50. The number of nitrogens with one attached hydrogen (secondary N) is 1. The van der Waals surface area contributed by atoms with E-state index in [2.05, 4.69) is 10.3 Å². The largest absolute Gasteiger partial charge is 0.349 e. The smallest absolute Gasteiger partial charge is 0.251 e. The van der Waals surface area contributed by atoms with Gasteiger partial charge in [-0.05, 0) is 49.9 Å². The van der Waals surface area contributed by atoms with Crippen LogP contribution in [0.25, 0.3) is 10.9 Å². The Morgan fingerprint density at radius 2 is 2.00 bits per heavy atom. The minimum Gasteiger partial charge on any atom is -0.349 e. The molecule has 0 bridgehead atoms. The Morgan fingerprint density at radius 3 is 2.80 bits per heavy atom. The molecular formula is C16H19N3O. The van der Waals surface area contributed by atoms with Crippen LogP contribution in [0.3, 0.4) is 0 Å². The van der Waals surface area contributed by atoms with Gasteiger partial charge in [0.1, 0.15) is 0 Å². The number of carbonyl (C=O) groups excluding carboxylic acids is 1. The van der Waals surface area contributed by atoms with Crippen molar-refractivity contribution in [3.8, 4) is 0 Å². The first kappa shape index (κ1) is 13.1. The number of amides is 1. The number of pyridine rings is 1. The second-order valence-corrected chi connectivity index (χ2v) is 5.50. The minimum absolute atomic E-state index is 0.00350. The normalized spacial score (nSPS) is 22.6. The Balaban J connectivity index is 1.72. The lowest BCUT2D eigenvalue weighted by Gasteiger charge is -2.26. The molecule has 1 aromatic heterocycles. The van der Waals surface area contributed by atoms with E-state index in [1.807, 2.05) is 30.3 Å².